The number of carboxylic acid groups (broad SMARTS) is 1. The third kappa shape index (κ3) is 5.89. The first-order valence-corrected chi connectivity index (χ1v) is 7.96. The maximum absolute atomic E-state index is 11.0. The van der Waals surface area contributed by atoms with Crippen molar-refractivity contribution in [2.45, 2.75) is 18.9 Å². The molecule has 23 heavy (non-hydrogen) atoms. The average Bonchev–Trinajstić information content (AvgIpc) is 2.54. The van der Waals surface area contributed by atoms with Crippen molar-refractivity contribution in [1.29, 1.82) is 5.26 Å². The summed E-state index contributed by atoms with van der Waals surface area (Å²) in [7, 11) is 2.12. The molecule has 1 fully saturated rings. The third-order valence-electron chi connectivity index (χ3n) is 4.28. The van der Waals surface area contributed by atoms with E-state index in [0.717, 1.165) is 44.7 Å². The van der Waals surface area contributed by atoms with E-state index >= 15 is 0 Å². The van der Waals surface area contributed by atoms with Crippen LogP contribution >= 0.6 is 0 Å². The first kappa shape index (κ1) is 17.3. The molecule has 1 heterocycles. The van der Waals surface area contributed by atoms with Gasteiger partial charge in [0.2, 0.25) is 0 Å². The summed E-state index contributed by atoms with van der Waals surface area (Å²) in [6.07, 6.45) is 0.448. The lowest BCUT2D eigenvalue weighted by molar-refractivity contribution is 0.147. The number of hydrogen-bond acceptors (Lipinski definition) is 4. The second kappa shape index (κ2) is 8.51. The molecular formula is C17H24N4O2. The first-order valence-electron chi connectivity index (χ1n) is 7.96. The number of amides is 1. The fourth-order valence-corrected chi connectivity index (χ4v) is 2.81. The Morgan fingerprint density at radius 3 is 2.52 bits per heavy atom. The number of carbonyl (C=O) groups is 1. The highest BCUT2D eigenvalue weighted by atomic mass is 16.4. The molecule has 0 bridgehead atoms. The molecule has 1 aromatic carbocycles. The van der Waals surface area contributed by atoms with E-state index < -0.39 is 6.09 Å². The molecule has 6 nitrogen and oxygen atoms in total. The second-order valence-corrected chi connectivity index (χ2v) is 6.09. The Bertz CT molecular complexity index is 545. The second-order valence-electron chi connectivity index (χ2n) is 6.09. The molecule has 0 saturated carbocycles. The van der Waals surface area contributed by atoms with Crippen molar-refractivity contribution in [2.24, 2.45) is 0 Å². The van der Waals surface area contributed by atoms with E-state index in [4.69, 9.17) is 10.4 Å². The molecule has 6 heteroatoms. The number of rotatable bonds is 6. The van der Waals surface area contributed by atoms with Gasteiger partial charge in [-0.3, -0.25) is 0 Å². The molecule has 2 N–H and O–H groups in total. The Morgan fingerprint density at radius 1 is 1.30 bits per heavy atom. The molecule has 1 amide bonds. The van der Waals surface area contributed by atoms with Crippen LogP contribution in [0.1, 0.15) is 17.5 Å². The highest BCUT2D eigenvalue weighted by molar-refractivity contribution is 5.64. The Balaban J connectivity index is 1.88. The predicted octanol–water partition coefficient (Wildman–Crippen LogP) is 1.37. The van der Waals surface area contributed by atoms with Crippen molar-refractivity contribution in [3.05, 3.63) is 35.4 Å². The van der Waals surface area contributed by atoms with E-state index in [2.05, 4.69) is 28.2 Å². The monoisotopic (exact) mass is 316 g/mol. The van der Waals surface area contributed by atoms with Crippen molar-refractivity contribution in [2.75, 3.05) is 39.8 Å². The third-order valence-corrected chi connectivity index (χ3v) is 4.28. The van der Waals surface area contributed by atoms with Crippen LogP contribution in [0.3, 0.4) is 0 Å². The number of piperazine rings is 1. The van der Waals surface area contributed by atoms with Crippen molar-refractivity contribution in [3.63, 3.8) is 0 Å². The van der Waals surface area contributed by atoms with Gasteiger partial charge in [0.05, 0.1) is 11.6 Å². The van der Waals surface area contributed by atoms with Crippen LogP contribution in [0.4, 0.5) is 4.79 Å². The summed E-state index contributed by atoms with van der Waals surface area (Å²) in [5.74, 6) is 0. The highest BCUT2D eigenvalue weighted by Gasteiger charge is 2.17. The molecule has 124 valence electrons. The number of likely N-dealkylation sites (N-methyl/N-ethyl adjacent to an activating group) is 1. The molecule has 0 aliphatic carbocycles. The molecule has 1 saturated heterocycles. The molecule has 0 radical (unpaired) electrons. The van der Waals surface area contributed by atoms with E-state index in [1.54, 1.807) is 12.1 Å². The average molecular weight is 316 g/mol. The van der Waals surface area contributed by atoms with Gasteiger partial charge >= 0.3 is 6.09 Å². The molecule has 1 aromatic rings. The van der Waals surface area contributed by atoms with E-state index in [-0.39, 0.29) is 6.04 Å². The number of nitrogens with zero attached hydrogens (tertiary/aromatic N) is 3. The lowest BCUT2D eigenvalue weighted by Crippen LogP contribution is -2.46. The Kier molecular flexibility index (Phi) is 6.39. The Morgan fingerprint density at radius 2 is 1.96 bits per heavy atom. The van der Waals surface area contributed by atoms with Crippen LogP contribution in [0, 0.1) is 11.3 Å². The molecule has 0 aromatic heterocycles. The zero-order chi connectivity index (χ0) is 16.7. The zero-order valence-electron chi connectivity index (χ0n) is 13.5. The standard InChI is InChI=1S/C17H24N4O2/c1-20-8-10-21(11-9-20)7-6-16(19-17(22)23)12-14-2-4-15(13-18)5-3-14/h2-5,16,19H,6-12H2,1H3,(H,22,23)/t16-/m0/s1. The van der Waals surface area contributed by atoms with Crippen molar-refractivity contribution in [3.8, 4) is 6.07 Å². The van der Waals surface area contributed by atoms with Crippen molar-refractivity contribution >= 4 is 6.09 Å². The van der Waals surface area contributed by atoms with E-state index in [1.807, 2.05) is 12.1 Å². The fraction of sp³-hybridized carbons (Fsp3) is 0.529. The van der Waals surface area contributed by atoms with E-state index in [0.29, 0.717) is 12.0 Å². The summed E-state index contributed by atoms with van der Waals surface area (Å²) in [5.41, 5.74) is 1.66. The number of nitriles is 1. The van der Waals surface area contributed by atoms with Gasteiger partial charge in [-0.15, -0.1) is 0 Å². The summed E-state index contributed by atoms with van der Waals surface area (Å²) in [6.45, 7) is 5.09. The summed E-state index contributed by atoms with van der Waals surface area (Å²) >= 11 is 0. The van der Waals surface area contributed by atoms with Gasteiger partial charge in [-0.1, -0.05) is 12.1 Å². The van der Waals surface area contributed by atoms with Crippen LogP contribution in [0.25, 0.3) is 0 Å². The van der Waals surface area contributed by atoms with Crippen LogP contribution in [-0.2, 0) is 6.42 Å². The van der Waals surface area contributed by atoms with E-state index in [1.165, 1.54) is 0 Å². The summed E-state index contributed by atoms with van der Waals surface area (Å²) < 4.78 is 0. The lowest BCUT2D eigenvalue weighted by atomic mass is 10.0. The van der Waals surface area contributed by atoms with Crippen LogP contribution in [0.5, 0.6) is 0 Å². The van der Waals surface area contributed by atoms with Crippen molar-refractivity contribution in [1.82, 2.24) is 15.1 Å². The number of hydrogen-bond donors (Lipinski definition) is 2. The largest absolute Gasteiger partial charge is 0.465 e. The fourth-order valence-electron chi connectivity index (χ4n) is 2.81. The van der Waals surface area contributed by atoms with Crippen LogP contribution in [0.2, 0.25) is 0 Å². The SMILES string of the molecule is CN1CCN(CC[C@@H](Cc2ccc(C#N)cc2)NC(=O)O)CC1. The molecule has 0 spiro atoms. The normalized spacial score (nSPS) is 17.4. The summed E-state index contributed by atoms with van der Waals surface area (Å²) in [5, 5.41) is 20.5. The molecule has 1 atom stereocenters. The molecule has 1 aliphatic heterocycles. The topological polar surface area (TPSA) is 79.6 Å². The maximum atomic E-state index is 11.0. The Labute approximate surface area is 137 Å². The van der Waals surface area contributed by atoms with Crippen LogP contribution in [-0.4, -0.2) is 66.8 Å². The van der Waals surface area contributed by atoms with E-state index in [9.17, 15) is 4.79 Å². The quantitative estimate of drug-likeness (QED) is 0.829. The zero-order valence-corrected chi connectivity index (χ0v) is 13.5. The van der Waals surface area contributed by atoms with Crippen LogP contribution < -0.4 is 5.32 Å². The van der Waals surface area contributed by atoms with Gasteiger partial charge in [-0.05, 0) is 37.6 Å². The van der Waals surface area contributed by atoms with Gasteiger partial charge in [0.15, 0.2) is 0 Å². The number of nitrogens with one attached hydrogen (secondary N) is 1. The lowest BCUT2D eigenvalue weighted by Gasteiger charge is -2.33. The minimum Gasteiger partial charge on any atom is -0.465 e. The molecule has 0 unspecified atom stereocenters. The maximum Gasteiger partial charge on any atom is 0.404 e. The molecule has 1 aliphatic rings. The van der Waals surface area contributed by atoms with Gasteiger partial charge in [0.25, 0.3) is 0 Å². The van der Waals surface area contributed by atoms with Gasteiger partial charge < -0.3 is 20.2 Å². The molecule has 2 rings (SSSR count). The highest BCUT2D eigenvalue weighted by Crippen LogP contribution is 2.10. The molecular weight excluding hydrogens is 292 g/mol. The van der Waals surface area contributed by atoms with Gasteiger partial charge in [0.1, 0.15) is 0 Å². The van der Waals surface area contributed by atoms with Crippen molar-refractivity contribution < 1.29 is 9.90 Å². The summed E-state index contributed by atoms with van der Waals surface area (Å²) in [6, 6.07) is 9.31. The first-order chi connectivity index (χ1) is 11.1. The summed E-state index contributed by atoms with van der Waals surface area (Å²) in [4.78, 5) is 15.7. The van der Waals surface area contributed by atoms with Gasteiger partial charge in [-0.25, -0.2) is 4.79 Å². The Hall–Kier alpha value is -2.10. The number of benzene rings is 1. The smallest absolute Gasteiger partial charge is 0.404 e. The van der Waals surface area contributed by atoms with Crippen LogP contribution in [0.15, 0.2) is 24.3 Å². The van der Waals surface area contributed by atoms with Gasteiger partial charge in [-0.2, -0.15) is 5.26 Å². The predicted molar refractivity (Wildman–Crippen MR) is 88.4 cm³/mol. The minimum absolute atomic E-state index is 0.111. The van der Waals surface area contributed by atoms with Gasteiger partial charge in [0, 0.05) is 38.8 Å². The minimum atomic E-state index is -0.984.